The van der Waals surface area contributed by atoms with Gasteiger partial charge in [-0.1, -0.05) is 0 Å². The van der Waals surface area contributed by atoms with Gasteiger partial charge in [-0.05, 0) is 45.1 Å². The zero-order valence-electron chi connectivity index (χ0n) is 10.0. The van der Waals surface area contributed by atoms with Crippen molar-refractivity contribution >= 4 is 10.9 Å². The third-order valence-electron chi connectivity index (χ3n) is 2.99. The predicted molar refractivity (Wildman–Crippen MR) is 67.0 cm³/mol. The molecule has 16 heavy (non-hydrogen) atoms. The van der Waals surface area contributed by atoms with Gasteiger partial charge in [-0.25, -0.2) is 0 Å². The van der Waals surface area contributed by atoms with Crippen LogP contribution in [0.1, 0.15) is 11.1 Å². The summed E-state index contributed by atoms with van der Waals surface area (Å²) in [6, 6.07) is 3.67. The Bertz CT molecular complexity index is 500. The quantitative estimate of drug-likeness (QED) is 0.829. The van der Waals surface area contributed by atoms with Crippen LogP contribution < -0.4 is 0 Å². The van der Waals surface area contributed by atoms with Crippen LogP contribution in [0.4, 0.5) is 0 Å². The lowest BCUT2D eigenvalue weighted by Crippen LogP contribution is -2.14. The molecule has 2 rings (SSSR count). The fourth-order valence-electron chi connectivity index (χ4n) is 2.01. The van der Waals surface area contributed by atoms with Crippen LogP contribution in [0.25, 0.3) is 10.9 Å². The highest BCUT2D eigenvalue weighted by Gasteiger charge is 2.09. The Hall–Kier alpha value is -1.48. The van der Waals surface area contributed by atoms with Gasteiger partial charge in [0, 0.05) is 29.2 Å². The molecule has 3 nitrogen and oxygen atoms in total. The Kier molecular flexibility index (Phi) is 2.88. The Labute approximate surface area is 95.7 Å². The standard InChI is InChI=1S/C13H18N2O/c1-9-12(16)5-4-11-13(9)10(8-14-11)6-7-15(2)3/h4-5,8,14,16H,6-7H2,1-3H3. The number of phenols is 1. The highest BCUT2D eigenvalue weighted by atomic mass is 16.3. The van der Waals surface area contributed by atoms with E-state index >= 15 is 0 Å². The Morgan fingerprint density at radius 3 is 2.75 bits per heavy atom. The highest BCUT2D eigenvalue weighted by Crippen LogP contribution is 2.28. The Morgan fingerprint density at radius 2 is 2.06 bits per heavy atom. The average Bonchev–Trinajstić information content (AvgIpc) is 2.64. The van der Waals surface area contributed by atoms with Gasteiger partial charge in [0.1, 0.15) is 5.75 Å². The summed E-state index contributed by atoms with van der Waals surface area (Å²) in [5, 5.41) is 10.9. The van der Waals surface area contributed by atoms with Crippen LogP contribution in [0.5, 0.6) is 5.75 Å². The van der Waals surface area contributed by atoms with Crippen LogP contribution in [-0.2, 0) is 6.42 Å². The number of phenolic OH excluding ortho intramolecular Hbond substituents is 1. The molecule has 0 atom stereocenters. The second-order valence-electron chi connectivity index (χ2n) is 4.50. The molecule has 0 aliphatic carbocycles. The molecular weight excluding hydrogens is 200 g/mol. The Balaban J connectivity index is 2.42. The fourth-order valence-corrected chi connectivity index (χ4v) is 2.01. The molecule has 0 unspecified atom stereocenters. The van der Waals surface area contributed by atoms with Crippen molar-refractivity contribution in [3.05, 3.63) is 29.5 Å². The number of likely N-dealkylation sites (N-methyl/N-ethyl adjacent to an activating group) is 1. The van der Waals surface area contributed by atoms with E-state index in [1.807, 2.05) is 19.2 Å². The average molecular weight is 218 g/mol. The number of nitrogens with zero attached hydrogens (tertiary/aromatic N) is 1. The molecule has 1 aromatic carbocycles. The van der Waals surface area contributed by atoms with Crippen molar-refractivity contribution in [2.45, 2.75) is 13.3 Å². The molecule has 1 aromatic heterocycles. The van der Waals surface area contributed by atoms with Crippen LogP contribution >= 0.6 is 0 Å². The number of benzene rings is 1. The SMILES string of the molecule is Cc1c(O)ccc2[nH]cc(CCN(C)C)c12. The first kappa shape index (κ1) is 11.0. The third kappa shape index (κ3) is 1.91. The summed E-state index contributed by atoms with van der Waals surface area (Å²) in [4.78, 5) is 5.41. The molecule has 0 aliphatic heterocycles. The van der Waals surface area contributed by atoms with Gasteiger partial charge >= 0.3 is 0 Å². The van der Waals surface area contributed by atoms with E-state index in [4.69, 9.17) is 0 Å². The monoisotopic (exact) mass is 218 g/mol. The van der Waals surface area contributed by atoms with E-state index < -0.39 is 0 Å². The number of aryl methyl sites for hydroxylation is 1. The second-order valence-corrected chi connectivity index (χ2v) is 4.50. The smallest absolute Gasteiger partial charge is 0.119 e. The van der Waals surface area contributed by atoms with E-state index in [1.54, 1.807) is 6.07 Å². The van der Waals surface area contributed by atoms with Gasteiger partial charge in [0.25, 0.3) is 0 Å². The van der Waals surface area contributed by atoms with Crippen molar-refractivity contribution in [2.75, 3.05) is 20.6 Å². The van der Waals surface area contributed by atoms with Crippen LogP contribution in [0.3, 0.4) is 0 Å². The van der Waals surface area contributed by atoms with E-state index in [9.17, 15) is 5.11 Å². The first-order valence-corrected chi connectivity index (χ1v) is 5.53. The number of hydrogen-bond acceptors (Lipinski definition) is 2. The van der Waals surface area contributed by atoms with Gasteiger partial charge in [0.2, 0.25) is 0 Å². The largest absolute Gasteiger partial charge is 0.508 e. The van der Waals surface area contributed by atoms with Crippen molar-refractivity contribution in [3.63, 3.8) is 0 Å². The third-order valence-corrected chi connectivity index (χ3v) is 2.99. The summed E-state index contributed by atoms with van der Waals surface area (Å²) in [5.74, 6) is 0.373. The molecule has 0 saturated heterocycles. The van der Waals surface area contributed by atoms with Crippen molar-refractivity contribution in [1.82, 2.24) is 9.88 Å². The van der Waals surface area contributed by atoms with E-state index in [0.717, 1.165) is 24.0 Å². The molecule has 0 spiro atoms. The number of fused-ring (bicyclic) bond motifs is 1. The van der Waals surface area contributed by atoms with Gasteiger partial charge in [-0.2, -0.15) is 0 Å². The number of aromatic nitrogens is 1. The molecule has 86 valence electrons. The molecule has 0 bridgehead atoms. The minimum Gasteiger partial charge on any atom is -0.508 e. The topological polar surface area (TPSA) is 39.3 Å². The van der Waals surface area contributed by atoms with E-state index in [-0.39, 0.29) is 0 Å². The molecule has 0 aliphatic rings. The summed E-state index contributed by atoms with van der Waals surface area (Å²) in [6.45, 7) is 2.98. The highest BCUT2D eigenvalue weighted by molar-refractivity contribution is 5.88. The first-order chi connectivity index (χ1) is 7.59. The summed E-state index contributed by atoms with van der Waals surface area (Å²) in [7, 11) is 4.14. The molecule has 0 saturated carbocycles. The number of nitrogens with one attached hydrogen (secondary N) is 1. The summed E-state index contributed by atoms with van der Waals surface area (Å²) in [6.07, 6.45) is 3.04. The Morgan fingerprint density at radius 1 is 1.31 bits per heavy atom. The van der Waals surface area contributed by atoms with E-state index in [2.05, 4.69) is 24.0 Å². The number of aromatic hydroxyl groups is 1. The van der Waals surface area contributed by atoms with Gasteiger partial charge in [0.15, 0.2) is 0 Å². The van der Waals surface area contributed by atoms with E-state index in [1.165, 1.54) is 10.9 Å². The molecule has 2 aromatic rings. The van der Waals surface area contributed by atoms with Crippen molar-refractivity contribution in [3.8, 4) is 5.75 Å². The van der Waals surface area contributed by atoms with Crippen LogP contribution in [-0.4, -0.2) is 35.6 Å². The van der Waals surface area contributed by atoms with Crippen molar-refractivity contribution < 1.29 is 5.11 Å². The minimum absolute atomic E-state index is 0.373. The first-order valence-electron chi connectivity index (χ1n) is 5.53. The second kappa shape index (κ2) is 4.18. The summed E-state index contributed by atoms with van der Waals surface area (Å²) >= 11 is 0. The van der Waals surface area contributed by atoms with Gasteiger partial charge in [0.05, 0.1) is 0 Å². The van der Waals surface area contributed by atoms with E-state index in [0.29, 0.717) is 5.75 Å². The van der Waals surface area contributed by atoms with Crippen LogP contribution in [0, 0.1) is 6.92 Å². The zero-order chi connectivity index (χ0) is 11.7. The lowest BCUT2D eigenvalue weighted by molar-refractivity contribution is 0.414. The lowest BCUT2D eigenvalue weighted by atomic mass is 10.0. The molecule has 3 heteroatoms. The maximum Gasteiger partial charge on any atom is 0.119 e. The maximum atomic E-state index is 9.71. The van der Waals surface area contributed by atoms with Crippen LogP contribution in [0.2, 0.25) is 0 Å². The molecule has 0 radical (unpaired) electrons. The number of hydrogen-bond donors (Lipinski definition) is 2. The molecule has 2 N–H and O–H groups in total. The van der Waals surface area contributed by atoms with Crippen LogP contribution in [0.15, 0.2) is 18.3 Å². The van der Waals surface area contributed by atoms with Gasteiger partial charge in [-0.15, -0.1) is 0 Å². The minimum atomic E-state index is 0.373. The number of rotatable bonds is 3. The van der Waals surface area contributed by atoms with Gasteiger partial charge < -0.3 is 15.0 Å². The number of H-pyrrole nitrogens is 1. The summed E-state index contributed by atoms with van der Waals surface area (Å²) in [5.41, 5.74) is 3.34. The summed E-state index contributed by atoms with van der Waals surface area (Å²) < 4.78 is 0. The van der Waals surface area contributed by atoms with Crippen molar-refractivity contribution in [1.29, 1.82) is 0 Å². The normalized spacial score (nSPS) is 11.5. The molecule has 0 amide bonds. The lowest BCUT2D eigenvalue weighted by Gasteiger charge is -2.09. The van der Waals surface area contributed by atoms with Crippen molar-refractivity contribution in [2.24, 2.45) is 0 Å². The number of aromatic amines is 1. The molecule has 1 heterocycles. The molecular formula is C13H18N2O. The predicted octanol–water partition coefficient (Wildman–Crippen LogP) is 2.29. The maximum absolute atomic E-state index is 9.71. The molecule has 0 fully saturated rings. The fraction of sp³-hybridized carbons (Fsp3) is 0.385. The van der Waals surface area contributed by atoms with Gasteiger partial charge in [-0.3, -0.25) is 0 Å². The zero-order valence-corrected chi connectivity index (χ0v) is 10.0.